The average molecular weight is 346 g/mol. The molecule has 0 aromatic carbocycles. The number of aromatic carboxylic acids is 1. The number of hydrogen-bond donors (Lipinski definition) is 1. The van der Waals surface area contributed by atoms with Crippen molar-refractivity contribution in [3.05, 3.63) is 28.1 Å². The number of aromatic nitrogens is 1. The van der Waals surface area contributed by atoms with E-state index in [1.165, 1.54) is 13.8 Å². The summed E-state index contributed by atoms with van der Waals surface area (Å²) in [7, 11) is 0. The Morgan fingerprint density at radius 1 is 1.18 bits per heavy atom. The highest BCUT2D eigenvalue weighted by atomic mass is 35.5. The van der Waals surface area contributed by atoms with Crippen molar-refractivity contribution in [1.29, 1.82) is 0 Å². The number of nitrogens with zero attached hydrogens (tertiary/aromatic N) is 1. The van der Waals surface area contributed by atoms with E-state index in [1.807, 2.05) is 0 Å². The first-order chi connectivity index (χ1) is 9.89. The van der Waals surface area contributed by atoms with Gasteiger partial charge in [-0.25, -0.2) is 18.6 Å². The third-order valence-electron chi connectivity index (χ3n) is 2.73. The van der Waals surface area contributed by atoms with Crippen LogP contribution in [0.3, 0.4) is 0 Å². The fraction of sp³-hybridized carbons (Fsp3) is 0.417. The van der Waals surface area contributed by atoms with Gasteiger partial charge in [-0.3, -0.25) is 4.79 Å². The molecule has 0 aliphatic heterocycles. The normalized spacial score (nSPS) is 12.1. The van der Waals surface area contributed by atoms with Gasteiger partial charge in [0.05, 0.1) is 11.1 Å². The third kappa shape index (κ3) is 3.34. The van der Waals surface area contributed by atoms with Crippen LogP contribution in [0.2, 0.25) is 0 Å². The minimum atomic E-state index is -5.28. The van der Waals surface area contributed by atoms with Crippen LogP contribution < -0.4 is 0 Å². The summed E-state index contributed by atoms with van der Waals surface area (Å²) in [6.45, 7) is 2.50. The minimum Gasteiger partial charge on any atom is -0.478 e. The third-order valence-corrected chi connectivity index (χ3v) is 2.92. The van der Waals surface area contributed by atoms with Crippen LogP contribution in [0.25, 0.3) is 0 Å². The molecule has 1 aromatic rings. The van der Waals surface area contributed by atoms with Crippen molar-refractivity contribution in [2.75, 3.05) is 0 Å². The van der Waals surface area contributed by atoms with Gasteiger partial charge in [-0.1, -0.05) is 13.8 Å². The highest BCUT2D eigenvalue weighted by molar-refractivity contribution is 6.68. The Kier molecular flexibility index (Phi) is 5.11. The standard InChI is InChI=1S/C12H9ClF5NO3/c1-3(2)4-5(9(13)20)7(10(14)15)19-8(12(16,17)18)6(4)11(21)22/h3,10H,1-2H3,(H,21,22). The van der Waals surface area contributed by atoms with Crippen LogP contribution in [0.4, 0.5) is 22.0 Å². The number of carboxylic acids is 1. The quantitative estimate of drug-likeness (QED) is 0.654. The molecule has 0 atom stereocenters. The molecule has 22 heavy (non-hydrogen) atoms. The van der Waals surface area contributed by atoms with Crippen LogP contribution in [0.15, 0.2) is 0 Å². The van der Waals surface area contributed by atoms with E-state index in [0.717, 1.165) is 0 Å². The molecule has 0 unspecified atom stereocenters. The molecule has 1 rings (SSSR count). The number of carboxylic acid groups (broad SMARTS) is 1. The van der Waals surface area contributed by atoms with Gasteiger partial charge in [0, 0.05) is 0 Å². The molecular formula is C12H9ClF5NO3. The maximum absolute atomic E-state index is 12.9. The molecule has 1 heterocycles. The van der Waals surface area contributed by atoms with E-state index in [1.54, 1.807) is 0 Å². The molecular weight excluding hydrogens is 337 g/mol. The van der Waals surface area contributed by atoms with E-state index in [2.05, 4.69) is 4.98 Å². The second kappa shape index (κ2) is 6.15. The zero-order valence-electron chi connectivity index (χ0n) is 11.1. The van der Waals surface area contributed by atoms with Crippen LogP contribution in [0, 0.1) is 0 Å². The summed E-state index contributed by atoms with van der Waals surface area (Å²) in [5.74, 6) is -3.02. The number of hydrogen-bond acceptors (Lipinski definition) is 3. The first-order valence-electron chi connectivity index (χ1n) is 5.75. The van der Waals surface area contributed by atoms with Crippen molar-refractivity contribution < 1.29 is 36.6 Å². The van der Waals surface area contributed by atoms with E-state index in [-0.39, 0.29) is 0 Å². The molecule has 4 nitrogen and oxygen atoms in total. The van der Waals surface area contributed by atoms with Crippen molar-refractivity contribution in [3.63, 3.8) is 0 Å². The fourth-order valence-electron chi connectivity index (χ4n) is 1.99. The van der Waals surface area contributed by atoms with Crippen molar-refractivity contribution >= 4 is 22.8 Å². The molecule has 0 aliphatic carbocycles. The number of carbonyl (C=O) groups is 2. The number of halogens is 6. The van der Waals surface area contributed by atoms with Gasteiger partial charge in [0.1, 0.15) is 5.69 Å². The minimum absolute atomic E-state index is 0.717. The van der Waals surface area contributed by atoms with Crippen LogP contribution in [-0.2, 0) is 6.18 Å². The average Bonchev–Trinajstić information content (AvgIpc) is 2.34. The summed E-state index contributed by atoms with van der Waals surface area (Å²) < 4.78 is 64.7. The summed E-state index contributed by atoms with van der Waals surface area (Å²) in [4.78, 5) is 25.2. The Balaban J connectivity index is 4.08. The lowest BCUT2D eigenvalue weighted by Gasteiger charge is -2.20. The van der Waals surface area contributed by atoms with Gasteiger partial charge in [0.15, 0.2) is 5.69 Å². The maximum atomic E-state index is 12.9. The molecule has 10 heteroatoms. The summed E-state index contributed by atoms with van der Waals surface area (Å²) >= 11 is 5.16. The van der Waals surface area contributed by atoms with Crippen LogP contribution >= 0.6 is 11.6 Å². The maximum Gasteiger partial charge on any atom is 0.434 e. The number of alkyl halides is 5. The summed E-state index contributed by atoms with van der Waals surface area (Å²) in [6, 6.07) is 0. The zero-order chi connectivity index (χ0) is 17.4. The second-order valence-electron chi connectivity index (χ2n) is 4.54. The van der Waals surface area contributed by atoms with Crippen LogP contribution in [0.5, 0.6) is 0 Å². The Morgan fingerprint density at radius 2 is 1.68 bits per heavy atom. The lowest BCUT2D eigenvalue weighted by molar-refractivity contribution is -0.142. The van der Waals surface area contributed by atoms with E-state index in [4.69, 9.17) is 16.7 Å². The van der Waals surface area contributed by atoms with E-state index in [0.29, 0.717) is 0 Å². The zero-order valence-corrected chi connectivity index (χ0v) is 11.9. The van der Waals surface area contributed by atoms with Crippen LogP contribution in [0.1, 0.15) is 63.9 Å². The van der Waals surface area contributed by atoms with Gasteiger partial charge in [-0.05, 0) is 23.1 Å². The lowest BCUT2D eigenvalue weighted by atomic mass is 9.90. The number of pyridine rings is 1. The molecule has 0 fully saturated rings. The first kappa shape index (κ1) is 18.3. The molecule has 1 aromatic heterocycles. The smallest absolute Gasteiger partial charge is 0.434 e. The van der Waals surface area contributed by atoms with Gasteiger partial charge < -0.3 is 5.11 Å². The van der Waals surface area contributed by atoms with E-state index in [9.17, 15) is 31.5 Å². The SMILES string of the molecule is CC(C)c1c(C(=O)Cl)c(C(F)F)nc(C(F)(F)F)c1C(=O)O. The Labute approximate surface area is 125 Å². The highest BCUT2D eigenvalue weighted by Gasteiger charge is 2.42. The van der Waals surface area contributed by atoms with E-state index < -0.39 is 57.8 Å². The fourth-order valence-corrected chi connectivity index (χ4v) is 2.18. The van der Waals surface area contributed by atoms with Gasteiger partial charge in [-0.2, -0.15) is 13.2 Å². The predicted molar refractivity (Wildman–Crippen MR) is 65.4 cm³/mol. The van der Waals surface area contributed by atoms with Gasteiger partial charge in [0.25, 0.3) is 11.7 Å². The van der Waals surface area contributed by atoms with Gasteiger partial charge in [-0.15, -0.1) is 0 Å². The molecule has 0 spiro atoms. The Morgan fingerprint density at radius 3 is 1.95 bits per heavy atom. The molecule has 0 radical (unpaired) electrons. The monoisotopic (exact) mass is 345 g/mol. The molecule has 0 bridgehead atoms. The highest BCUT2D eigenvalue weighted by Crippen LogP contribution is 2.39. The Hall–Kier alpha value is -1.77. The number of rotatable bonds is 4. The molecule has 1 N–H and O–H groups in total. The second-order valence-corrected chi connectivity index (χ2v) is 4.88. The molecule has 0 saturated heterocycles. The van der Waals surface area contributed by atoms with Gasteiger partial charge >= 0.3 is 12.1 Å². The van der Waals surface area contributed by atoms with Crippen molar-refractivity contribution in [2.45, 2.75) is 32.4 Å². The van der Waals surface area contributed by atoms with Crippen LogP contribution in [-0.4, -0.2) is 21.3 Å². The van der Waals surface area contributed by atoms with Crippen molar-refractivity contribution in [3.8, 4) is 0 Å². The number of carbonyl (C=O) groups excluding carboxylic acids is 1. The topological polar surface area (TPSA) is 67.3 Å². The van der Waals surface area contributed by atoms with Crippen molar-refractivity contribution in [1.82, 2.24) is 4.98 Å². The Bertz CT molecular complexity index is 628. The largest absolute Gasteiger partial charge is 0.478 e. The predicted octanol–water partition coefficient (Wildman–Crippen LogP) is 4.24. The lowest BCUT2D eigenvalue weighted by Crippen LogP contribution is -2.23. The molecule has 122 valence electrons. The summed E-state index contributed by atoms with van der Waals surface area (Å²) in [5.41, 5.74) is -6.54. The first-order valence-corrected chi connectivity index (χ1v) is 6.13. The van der Waals surface area contributed by atoms with E-state index >= 15 is 0 Å². The van der Waals surface area contributed by atoms with Crippen molar-refractivity contribution in [2.24, 2.45) is 0 Å². The molecule has 0 amide bonds. The molecule has 0 aliphatic rings. The molecule has 0 saturated carbocycles. The van der Waals surface area contributed by atoms with Gasteiger partial charge in [0.2, 0.25) is 0 Å². The summed E-state index contributed by atoms with van der Waals surface area (Å²) in [6.07, 6.45) is -8.81. The summed E-state index contributed by atoms with van der Waals surface area (Å²) in [5, 5.41) is 7.52.